The molecule has 22 heavy (non-hydrogen) atoms. The summed E-state index contributed by atoms with van der Waals surface area (Å²) < 4.78 is 6.61. The SMILES string of the molecule is CC(C)(C)OC(=O)N1CCCC(NCc2cc(Br)cs2)CC1. The van der Waals surface area contributed by atoms with Crippen molar-refractivity contribution in [2.75, 3.05) is 13.1 Å². The molecule has 2 heterocycles. The molecule has 1 saturated heterocycles. The summed E-state index contributed by atoms with van der Waals surface area (Å²) in [6.45, 7) is 8.18. The summed E-state index contributed by atoms with van der Waals surface area (Å²) in [7, 11) is 0. The molecule has 0 spiro atoms. The van der Waals surface area contributed by atoms with Crippen molar-refractivity contribution in [1.82, 2.24) is 10.2 Å². The highest BCUT2D eigenvalue weighted by molar-refractivity contribution is 9.10. The van der Waals surface area contributed by atoms with Gasteiger partial charge in [0.05, 0.1) is 0 Å². The quantitative estimate of drug-likeness (QED) is 0.834. The van der Waals surface area contributed by atoms with Crippen LogP contribution in [0.25, 0.3) is 0 Å². The van der Waals surface area contributed by atoms with E-state index in [-0.39, 0.29) is 6.09 Å². The molecule has 124 valence electrons. The molecular formula is C16H25BrN2O2S. The molecule has 1 aromatic heterocycles. The van der Waals surface area contributed by atoms with Crippen LogP contribution in [0.3, 0.4) is 0 Å². The smallest absolute Gasteiger partial charge is 0.410 e. The number of amides is 1. The van der Waals surface area contributed by atoms with Gasteiger partial charge in [0.15, 0.2) is 0 Å². The molecule has 1 fully saturated rings. The molecule has 1 atom stereocenters. The largest absolute Gasteiger partial charge is 0.444 e. The molecule has 1 aliphatic rings. The van der Waals surface area contributed by atoms with E-state index in [0.717, 1.165) is 43.4 Å². The number of thiophene rings is 1. The van der Waals surface area contributed by atoms with Gasteiger partial charge in [-0.05, 0) is 62.0 Å². The van der Waals surface area contributed by atoms with E-state index in [9.17, 15) is 4.79 Å². The topological polar surface area (TPSA) is 41.6 Å². The Morgan fingerprint density at radius 3 is 2.86 bits per heavy atom. The van der Waals surface area contributed by atoms with Crippen LogP contribution < -0.4 is 5.32 Å². The highest BCUT2D eigenvalue weighted by atomic mass is 79.9. The highest BCUT2D eigenvalue weighted by Crippen LogP contribution is 2.20. The third kappa shape index (κ3) is 5.89. The Balaban J connectivity index is 1.78. The van der Waals surface area contributed by atoms with Crippen molar-refractivity contribution in [3.05, 3.63) is 20.8 Å². The number of hydrogen-bond donors (Lipinski definition) is 1. The van der Waals surface area contributed by atoms with Gasteiger partial charge in [-0.3, -0.25) is 0 Å². The third-order valence-electron chi connectivity index (χ3n) is 3.57. The molecule has 0 radical (unpaired) electrons. The number of carbonyl (C=O) groups excluding carboxylic acids is 1. The van der Waals surface area contributed by atoms with Crippen LogP contribution in [0, 0.1) is 0 Å². The maximum Gasteiger partial charge on any atom is 0.410 e. The number of ether oxygens (including phenoxy) is 1. The van der Waals surface area contributed by atoms with Gasteiger partial charge in [0, 0.05) is 40.4 Å². The molecule has 0 aliphatic carbocycles. The zero-order valence-corrected chi connectivity index (χ0v) is 15.9. The molecule has 2 rings (SSSR count). The monoisotopic (exact) mass is 388 g/mol. The molecule has 0 aromatic carbocycles. The van der Waals surface area contributed by atoms with Crippen molar-refractivity contribution in [3.63, 3.8) is 0 Å². The van der Waals surface area contributed by atoms with Gasteiger partial charge in [0.25, 0.3) is 0 Å². The number of likely N-dealkylation sites (tertiary alicyclic amines) is 1. The lowest BCUT2D eigenvalue weighted by molar-refractivity contribution is 0.0256. The summed E-state index contributed by atoms with van der Waals surface area (Å²) in [4.78, 5) is 15.3. The van der Waals surface area contributed by atoms with Crippen LogP contribution in [0.2, 0.25) is 0 Å². The van der Waals surface area contributed by atoms with Crippen molar-refractivity contribution in [2.24, 2.45) is 0 Å². The van der Waals surface area contributed by atoms with Gasteiger partial charge in [-0.1, -0.05) is 0 Å². The summed E-state index contributed by atoms with van der Waals surface area (Å²) in [5.74, 6) is 0. The summed E-state index contributed by atoms with van der Waals surface area (Å²) in [6.07, 6.45) is 2.92. The highest BCUT2D eigenvalue weighted by Gasteiger charge is 2.25. The minimum atomic E-state index is -0.423. The van der Waals surface area contributed by atoms with E-state index in [2.05, 4.69) is 32.7 Å². The third-order valence-corrected chi connectivity index (χ3v) is 5.26. The second-order valence-corrected chi connectivity index (χ2v) is 8.62. The van der Waals surface area contributed by atoms with E-state index >= 15 is 0 Å². The molecule has 0 saturated carbocycles. The lowest BCUT2D eigenvalue weighted by Crippen LogP contribution is -2.38. The number of rotatable bonds is 3. The first-order valence-corrected chi connectivity index (χ1v) is 9.45. The van der Waals surface area contributed by atoms with Gasteiger partial charge >= 0.3 is 6.09 Å². The maximum absolute atomic E-state index is 12.1. The molecular weight excluding hydrogens is 364 g/mol. The Kier molecular flexibility index (Phi) is 6.29. The fraction of sp³-hybridized carbons (Fsp3) is 0.688. The predicted molar refractivity (Wildman–Crippen MR) is 94.3 cm³/mol. The molecule has 1 aliphatic heterocycles. The van der Waals surface area contributed by atoms with Crippen molar-refractivity contribution in [2.45, 2.75) is 58.2 Å². The minimum absolute atomic E-state index is 0.185. The fourth-order valence-electron chi connectivity index (χ4n) is 2.50. The first-order chi connectivity index (χ1) is 10.3. The summed E-state index contributed by atoms with van der Waals surface area (Å²) in [5.41, 5.74) is -0.423. The minimum Gasteiger partial charge on any atom is -0.444 e. The molecule has 1 aromatic rings. The second-order valence-electron chi connectivity index (χ2n) is 6.71. The molecule has 0 bridgehead atoms. The first-order valence-electron chi connectivity index (χ1n) is 7.78. The molecule has 1 unspecified atom stereocenters. The van der Waals surface area contributed by atoms with Crippen LogP contribution in [0.15, 0.2) is 15.9 Å². The zero-order valence-electron chi connectivity index (χ0n) is 13.5. The van der Waals surface area contributed by atoms with E-state index in [4.69, 9.17) is 4.74 Å². The normalized spacial score (nSPS) is 19.8. The van der Waals surface area contributed by atoms with Gasteiger partial charge in [-0.2, -0.15) is 0 Å². The summed E-state index contributed by atoms with van der Waals surface area (Å²) in [5, 5.41) is 5.72. The number of hydrogen-bond acceptors (Lipinski definition) is 4. The molecule has 1 N–H and O–H groups in total. The number of nitrogens with one attached hydrogen (secondary N) is 1. The van der Waals surface area contributed by atoms with E-state index < -0.39 is 5.60 Å². The maximum atomic E-state index is 12.1. The Bertz CT molecular complexity index is 499. The van der Waals surface area contributed by atoms with Gasteiger partial charge in [0.1, 0.15) is 5.60 Å². The average Bonchev–Trinajstić information content (AvgIpc) is 2.69. The molecule has 1 amide bonds. The van der Waals surface area contributed by atoms with Crippen LogP contribution in [0.1, 0.15) is 44.9 Å². The molecule has 6 heteroatoms. The summed E-state index contributed by atoms with van der Waals surface area (Å²) in [6, 6.07) is 2.62. The first kappa shape index (κ1) is 17.8. The zero-order chi connectivity index (χ0) is 16.2. The van der Waals surface area contributed by atoms with Crippen LogP contribution in [0.4, 0.5) is 4.79 Å². The Labute approximate surface area is 145 Å². The van der Waals surface area contributed by atoms with E-state index in [1.54, 1.807) is 11.3 Å². The van der Waals surface area contributed by atoms with Crippen molar-refractivity contribution in [1.29, 1.82) is 0 Å². The standard InChI is InChI=1S/C16H25BrN2O2S/c1-16(2,3)21-15(20)19-7-4-5-13(6-8-19)18-10-14-9-12(17)11-22-14/h9,11,13,18H,4-8,10H2,1-3H3. The van der Waals surface area contributed by atoms with Crippen molar-refractivity contribution < 1.29 is 9.53 Å². The Hall–Kier alpha value is -0.590. The van der Waals surface area contributed by atoms with Gasteiger partial charge in [-0.25, -0.2) is 4.79 Å². The van der Waals surface area contributed by atoms with Gasteiger partial charge < -0.3 is 15.0 Å². The van der Waals surface area contributed by atoms with Crippen LogP contribution >= 0.6 is 27.3 Å². The van der Waals surface area contributed by atoms with Crippen LogP contribution in [-0.4, -0.2) is 35.7 Å². The number of nitrogens with zero attached hydrogens (tertiary/aromatic N) is 1. The predicted octanol–water partition coefficient (Wildman–Crippen LogP) is 4.39. The van der Waals surface area contributed by atoms with Crippen LogP contribution in [-0.2, 0) is 11.3 Å². The van der Waals surface area contributed by atoms with Gasteiger partial charge in [0.2, 0.25) is 0 Å². The summed E-state index contributed by atoms with van der Waals surface area (Å²) >= 11 is 5.24. The second kappa shape index (κ2) is 7.79. The Morgan fingerprint density at radius 1 is 1.45 bits per heavy atom. The van der Waals surface area contributed by atoms with E-state index in [1.165, 1.54) is 4.88 Å². The van der Waals surface area contributed by atoms with Crippen LogP contribution in [0.5, 0.6) is 0 Å². The lowest BCUT2D eigenvalue weighted by atomic mass is 10.1. The number of halogens is 1. The van der Waals surface area contributed by atoms with Crippen molar-refractivity contribution >= 4 is 33.4 Å². The Morgan fingerprint density at radius 2 is 2.23 bits per heavy atom. The van der Waals surface area contributed by atoms with Gasteiger partial charge in [-0.15, -0.1) is 11.3 Å². The molecule has 4 nitrogen and oxygen atoms in total. The number of carbonyl (C=O) groups is 1. The van der Waals surface area contributed by atoms with E-state index in [0.29, 0.717) is 6.04 Å². The average molecular weight is 389 g/mol. The van der Waals surface area contributed by atoms with Crippen molar-refractivity contribution in [3.8, 4) is 0 Å². The van der Waals surface area contributed by atoms with E-state index in [1.807, 2.05) is 25.7 Å². The lowest BCUT2D eigenvalue weighted by Gasteiger charge is -2.26. The fourth-order valence-corrected chi connectivity index (χ4v) is 3.90.